The first-order valence-corrected chi connectivity index (χ1v) is 8.13. The van der Waals surface area contributed by atoms with E-state index in [-0.39, 0.29) is 0 Å². The van der Waals surface area contributed by atoms with Crippen molar-refractivity contribution in [2.75, 3.05) is 31.1 Å². The van der Waals surface area contributed by atoms with Gasteiger partial charge in [0.1, 0.15) is 0 Å². The zero-order chi connectivity index (χ0) is 12.4. The number of hydrogen-bond acceptors (Lipinski definition) is 2. The molecular formula is C15H21BrN2. The highest BCUT2D eigenvalue weighted by Gasteiger charge is 2.29. The van der Waals surface area contributed by atoms with E-state index in [1.165, 1.54) is 56.7 Å². The van der Waals surface area contributed by atoms with Crippen LogP contribution in [0.25, 0.3) is 0 Å². The Bertz CT molecular complexity index is 407. The van der Waals surface area contributed by atoms with Crippen LogP contribution in [-0.4, -0.2) is 37.1 Å². The molecule has 1 aromatic carbocycles. The number of halogens is 1. The standard InChI is InChI=1S/C15H21BrN2/c16-11-13-5-1-2-7-15(13)18-10-9-17-8-4-3-6-14(17)12-18/h1-2,5,7,14H,3-4,6,8-12H2. The fourth-order valence-electron chi connectivity index (χ4n) is 3.31. The molecule has 2 heterocycles. The summed E-state index contributed by atoms with van der Waals surface area (Å²) >= 11 is 3.61. The van der Waals surface area contributed by atoms with Gasteiger partial charge in [-0.05, 0) is 31.0 Å². The van der Waals surface area contributed by atoms with E-state index in [9.17, 15) is 0 Å². The van der Waals surface area contributed by atoms with Crippen LogP contribution in [0.5, 0.6) is 0 Å². The first-order chi connectivity index (χ1) is 8.88. The second-order valence-electron chi connectivity index (χ2n) is 5.39. The minimum absolute atomic E-state index is 0.788. The molecule has 3 rings (SSSR count). The third-order valence-corrected chi connectivity index (χ3v) is 4.92. The van der Waals surface area contributed by atoms with Gasteiger partial charge in [-0.1, -0.05) is 40.5 Å². The highest BCUT2D eigenvalue weighted by atomic mass is 79.9. The van der Waals surface area contributed by atoms with Gasteiger partial charge in [-0.3, -0.25) is 4.90 Å². The number of piperazine rings is 1. The molecule has 0 saturated carbocycles. The second kappa shape index (κ2) is 5.62. The van der Waals surface area contributed by atoms with Crippen molar-refractivity contribution in [3.63, 3.8) is 0 Å². The van der Waals surface area contributed by atoms with Gasteiger partial charge in [0.2, 0.25) is 0 Å². The maximum atomic E-state index is 3.61. The van der Waals surface area contributed by atoms with Crippen LogP contribution in [0.4, 0.5) is 5.69 Å². The summed E-state index contributed by atoms with van der Waals surface area (Å²) in [7, 11) is 0. The third kappa shape index (κ3) is 2.43. The van der Waals surface area contributed by atoms with Gasteiger partial charge < -0.3 is 4.90 Å². The van der Waals surface area contributed by atoms with Crippen molar-refractivity contribution in [2.24, 2.45) is 0 Å². The number of para-hydroxylation sites is 1. The van der Waals surface area contributed by atoms with Crippen molar-refractivity contribution in [3.05, 3.63) is 29.8 Å². The Labute approximate surface area is 118 Å². The molecule has 2 aliphatic heterocycles. The lowest BCUT2D eigenvalue weighted by Gasteiger charge is -2.45. The Hall–Kier alpha value is -0.540. The molecule has 0 N–H and O–H groups in total. The number of alkyl halides is 1. The Morgan fingerprint density at radius 3 is 2.89 bits per heavy atom. The summed E-state index contributed by atoms with van der Waals surface area (Å²) in [5, 5.41) is 0.952. The molecule has 2 nitrogen and oxygen atoms in total. The van der Waals surface area contributed by atoms with Gasteiger partial charge in [0.05, 0.1) is 0 Å². The molecular weight excluding hydrogens is 288 g/mol. The van der Waals surface area contributed by atoms with Crippen molar-refractivity contribution >= 4 is 21.6 Å². The Kier molecular flexibility index (Phi) is 3.90. The summed E-state index contributed by atoms with van der Waals surface area (Å²) in [6.45, 7) is 4.95. The summed E-state index contributed by atoms with van der Waals surface area (Å²) in [6.07, 6.45) is 4.19. The van der Waals surface area contributed by atoms with Crippen LogP contribution in [-0.2, 0) is 5.33 Å². The average molecular weight is 309 g/mol. The predicted octanol–water partition coefficient (Wildman–Crippen LogP) is 3.26. The molecule has 1 atom stereocenters. The van der Waals surface area contributed by atoms with E-state index >= 15 is 0 Å². The van der Waals surface area contributed by atoms with E-state index in [1.54, 1.807) is 0 Å². The number of fused-ring (bicyclic) bond motifs is 1. The summed E-state index contributed by atoms with van der Waals surface area (Å²) in [4.78, 5) is 5.28. The van der Waals surface area contributed by atoms with Crippen LogP contribution >= 0.6 is 15.9 Å². The zero-order valence-electron chi connectivity index (χ0n) is 10.8. The SMILES string of the molecule is BrCc1ccccc1N1CCN2CCCCC2C1. The van der Waals surface area contributed by atoms with Crippen molar-refractivity contribution < 1.29 is 0 Å². The van der Waals surface area contributed by atoms with Crippen LogP contribution < -0.4 is 4.90 Å². The summed E-state index contributed by atoms with van der Waals surface area (Å²) in [6, 6.07) is 9.59. The van der Waals surface area contributed by atoms with Crippen LogP contribution in [0.1, 0.15) is 24.8 Å². The normalized spacial score (nSPS) is 24.9. The van der Waals surface area contributed by atoms with Crippen molar-refractivity contribution in [2.45, 2.75) is 30.6 Å². The number of benzene rings is 1. The second-order valence-corrected chi connectivity index (χ2v) is 5.95. The fraction of sp³-hybridized carbons (Fsp3) is 0.600. The molecule has 3 heteroatoms. The van der Waals surface area contributed by atoms with Crippen LogP contribution in [0.2, 0.25) is 0 Å². The molecule has 1 unspecified atom stereocenters. The molecule has 0 radical (unpaired) electrons. The molecule has 2 saturated heterocycles. The van der Waals surface area contributed by atoms with Crippen LogP contribution in [0, 0.1) is 0 Å². The maximum Gasteiger partial charge on any atom is 0.0408 e. The molecule has 98 valence electrons. The van der Waals surface area contributed by atoms with E-state index in [2.05, 4.69) is 50.0 Å². The van der Waals surface area contributed by atoms with Gasteiger partial charge in [0.25, 0.3) is 0 Å². The zero-order valence-corrected chi connectivity index (χ0v) is 12.4. The number of piperidine rings is 1. The third-order valence-electron chi connectivity index (χ3n) is 4.31. The van der Waals surface area contributed by atoms with Crippen molar-refractivity contribution in [3.8, 4) is 0 Å². The summed E-state index contributed by atoms with van der Waals surface area (Å²) in [5.41, 5.74) is 2.85. The largest absolute Gasteiger partial charge is 0.368 e. The van der Waals surface area contributed by atoms with Crippen LogP contribution in [0.15, 0.2) is 24.3 Å². The lowest BCUT2D eigenvalue weighted by Crippen LogP contribution is -2.55. The molecule has 2 aliphatic rings. The molecule has 0 spiro atoms. The molecule has 0 aromatic heterocycles. The first-order valence-electron chi connectivity index (χ1n) is 7.01. The molecule has 18 heavy (non-hydrogen) atoms. The van der Waals surface area contributed by atoms with Gasteiger partial charge in [0.15, 0.2) is 0 Å². The molecule has 2 fully saturated rings. The monoisotopic (exact) mass is 308 g/mol. The van der Waals surface area contributed by atoms with Crippen molar-refractivity contribution in [1.29, 1.82) is 0 Å². The lowest BCUT2D eigenvalue weighted by atomic mass is 9.99. The first kappa shape index (κ1) is 12.5. The fourth-order valence-corrected chi connectivity index (χ4v) is 3.78. The topological polar surface area (TPSA) is 6.48 Å². The van der Waals surface area contributed by atoms with E-state index in [0.717, 1.165) is 11.4 Å². The molecule has 0 amide bonds. The van der Waals surface area contributed by atoms with Crippen LogP contribution in [0.3, 0.4) is 0 Å². The van der Waals surface area contributed by atoms with Gasteiger partial charge in [-0.25, -0.2) is 0 Å². The maximum absolute atomic E-state index is 3.61. The molecule has 0 aliphatic carbocycles. The number of anilines is 1. The predicted molar refractivity (Wildman–Crippen MR) is 80.5 cm³/mol. The van der Waals surface area contributed by atoms with Crippen molar-refractivity contribution in [1.82, 2.24) is 4.90 Å². The number of nitrogens with zero attached hydrogens (tertiary/aromatic N) is 2. The highest BCUT2D eigenvalue weighted by molar-refractivity contribution is 9.08. The Morgan fingerprint density at radius 1 is 1.11 bits per heavy atom. The van der Waals surface area contributed by atoms with Gasteiger partial charge in [-0.15, -0.1) is 0 Å². The summed E-state index contributed by atoms with van der Waals surface area (Å²) < 4.78 is 0. The minimum atomic E-state index is 0.788. The number of rotatable bonds is 2. The highest BCUT2D eigenvalue weighted by Crippen LogP contribution is 2.28. The minimum Gasteiger partial charge on any atom is -0.368 e. The molecule has 0 bridgehead atoms. The smallest absolute Gasteiger partial charge is 0.0408 e. The van der Waals surface area contributed by atoms with E-state index in [1.807, 2.05) is 0 Å². The average Bonchev–Trinajstić information content (AvgIpc) is 2.46. The lowest BCUT2D eigenvalue weighted by molar-refractivity contribution is 0.133. The molecule has 1 aromatic rings. The van der Waals surface area contributed by atoms with Gasteiger partial charge in [0, 0.05) is 36.7 Å². The van der Waals surface area contributed by atoms with Gasteiger partial charge >= 0.3 is 0 Å². The summed E-state index contributed by atoms with van der Waals surface area (Å²) in [5.74, 6) is 0. The van der Waals surface area contributed by atoms with Gasteiger partial charge in [-0.2, -0.15) is 0 Å². The quantitative estimate of drug-likeness (QED) is 0.774. The van der Waals surface area contributed by atoms with E-state index in [0.29, 0.717) is 0 Å². The Balaban J connectivity index is 1.77. The Morgan fingerprint density at radius 2 is 2.00 bits per heavy atom. The van der Waals surface area contributed by atoms with E-state index < -0.39 is 0 Å². The van der Waals surface area contributed by atoms with E-state index in [4.69, 9.17) is 0 Å². The number of hydrogen-bond donors (Lipinski definition) is 0.